The molecule has 5 heteroatoms. The Labute approximate surface area is 139 Å². The van der Waals surface area contributed by atoms with Gasteiger partial charge in [0.15, 0.2) is 5.69 Å². The monoisotopic (exact) mass is 318 g/mol. The van der Waals surface area contributed by atoms with Gasteiger partial charge in [-0.05, 0) is 51.6 Å². The summed E-state index contributed by atoms with van der Waals surface area (Å²) in [5.41, 5.74) is 1.73. The fourth-order valence-electron chi connectivity index (χ4n) is 4.39. The number of aryl methyl sites for hydroxylation is 1. The predicted molar refractivity (Wildman–Crippen MR) is 91.6 cm³/mol. The number of amides is 1. The number of carbonyl (C=O) groups excluding carboxylic acids is 1. The zero-order valence-electron chi connectivity index (χ0n) is 15.0. The van der Waals surface area contributed by atoms with Crippen molar-refractivity contribution in [2.45, 2.75) is 58.5 Å². The van der Waals surface area contributed by atoms with E-state index in [-0.39, 0.29) is 5.91 Å². The van der Waals surface area contributed by atoms with Crippen LogP contribution in [0.5, 0.6) is 0 Å². The van der Waals surface area contributed by atoms with E-state index in [0.717, 1.165) is 44.6 Å². The average molecular weight is 318 g/mol. The summed E-state index contributed by atoms with van der Waals surface area (Å²) in [6, 6.07) is 2.74. The second kappa shape index (κ2) is 6.63. The number of piperidine rings is 1. The summed E-state index contributed by atoms with van der Waals surface area (Å²) < 4.78 is 2.05. The van der Waals surface area contributed by atoms with Crippen molar-refractivity contribution >= 4 is 5.91 Å². The molecule has 0 saturated carbocycles. The molecule has 0 aromatic carbocycles. The molecule has 2 fully saturated rings. The highest BCUT2D eigenvalue weighted by Gasteiger charge is 2.40. The quantitative estimate of drug-likeness (QED) is 0.857. The van der Waals surface area contributed by atoms with Gasteiger partial charge in [-0.2, -0.15) is 5.10 Å². The van der Waals surface area contributed by atoms with Crippen LogP contribution in [0.15, 0.2) is 6.07 Å². The number of hydrogen-bond donors (Lipinski definition) is 0. The molecule has 1 aromatic rings. The third kappa shape index (κ3) is 3.03. The van der Waals surface area contributed by atoms with Gasteiger partial charge in [-0.25, -0.2) is 0 Å². The Morgan fingerprint density at radius 2 is 2.09 bits per heavy atom. The molecule has 1 amide bonds. The molecule has 0 N–H and O–H groups in total. The molecular formula is C18H30N4O. The van der Waals surface area contributed by atoms with E-state index >= 15 is 0 Å². The molecule has 2 aliphatic rings. The smallest absolute Gasteiger partial charge is 0.274 e. The van der Waals surface area contributed by atoms with Gasteiger partial charge in [-0.3, -0.25) is 9.48 Å². The molecule has 0 aliphatic carbocycles. The van der Waals surface area contributed by atoms with E-state index in [4.69, 9.17) is 0 Å². The number of nitrogens with zero attached hydrogens (tertiary/aromatic N) is 4. The lowest BCUT2D eigenvalue weighted by molar-refractivity contribution is 0.0564. The zero-order valence-corrected chi connectivity index (χ0v) is 15.0. The highest BCUT2D eigenvalue weighted by atomic mass is 16.2. The summed E-state index contributed by atoms with van der Waals surface area (Å²) in [6.07, 6.45) is 4.46. The first-order valence-corrected chi connectivity index (χ1v) is 9.10. The van der Waals surface area contributed by atoms with Crippen LogP contribution in [0.25, 0.3) is 0 Å². The minimum atomic E-state index is 0.128. The molecule has 0 radical (unpaired) electrons. The largest absolute Gasteiger partial charge is 0.333 e. The summed E-state index contributed by atoms with van der Waals surface area (Å²) >= 11 is 0. The van der Waals surface area contributed by atoms with Crippen molar-refractivity contribution in [3.63, 3.8) is 0 Å². The van der Waals surface area contributed by atoms with Gasteiger partial charge in [0.05, 0.1) is 6.04 Å². The Hall–Kier alpha value is -1.36. The third-order valence-corrected chi connectivity index (χ3v) is 5.65. The number of likely N-dealkylation sites (N-methyl/N-ethyl adjacent to an activating group) is 1. The van der Waals surface area contributed by atoms with E-state index in [2.05, 4.69) is 47.4 Å². The van der Waals surface area contributed by atoms with Gasteiger partial charge in [0.2, 0.25) is 0 Å². The Morgan fingerprint density at radius 1 is 1.35 bits per heavy atom. The second-order valence-corrected chi connectivity index (χ2v) is 7.28. The van der Waals surface area contributed by atoms with E-state index in [1.807, 2.05) is 6.07 Å². The Kier molecular flexibility index (Phi) is 4.76. The summed E-state index contributed by atoms with van der Waals surface area (Å²) in [7, 11) is 2.16. The number of rotatable bonds is 4. The lowest BCUT2D eigenvalue weighted by atomic mass is 9.92. The van der Waals surface area contributed by atoms with Crippen LogP contribution in [0, 0.1) is 12.8 Å². The first-order chi connectivity index (χ1) is 11.0. The number of carbonyl (C=O) groups is 1. The van der Waals surface area contributed by atoms with Crippen molar-refractivity contribution in [1.29, 1.82) is 0 Å². The number of likely N-dealkylation sites (tertiary alicyclic amines) is 2. The molecule has 128 valence electrons. The van der Waals surface area contributed by atoms with Crippen molar-refractivity contribution in [2.24, 2.45) is 5.92 Å². The number of fused-ring (bicyclic) bond motifs is 1. The molecule has 0 bridgehead atoms. The Morgan fingerprint density at radius 3 is 2.78 bits per heavy atom. The maximum Gasteiger partial charge on any atom is 0.274 e. The molecule has 2 aliphatic heterocycles. The molecule has 3 heterocycles. The van der Waals surface area contributed by atoms with E-state index < -0.39 is 0 Å². The summed E-state index contributed by atoms with van der Waals surface area (Å²) in [5, 5.41) is 4.67. The highest BCUT2D eigenvalue weighted by molar-refractivity contribution is 5.92. The van der Waals surface area contributed by atoms with Crippen molar-refractivity contribution in [1.82, 2.24) is 19.6 Å². The third-order valence-electron chi connectivity index (χ3n) is 5.65. The molecule has 2 saturated heterocycles. The highest BCUT2D eigenvalue weighted by Crippen LogP contribution is 2.31. The van der Waals surface area contributed by atoms with E-state index in [9.17, 15) is 4.79 Å². The van der Waals surface area contributed by atoms with Gasteiger partial charge in [0.1, 0.15) is 0 Å². The minimum Gasteiger partial charge on any atom is -0.333 e. The van der Waals surface area contributed by atoms with Crippen LogP contribution in [0.3, 0.4) is 0 Å². The van der Waals surface area contributed by atoms with Crippen molar-refractivity contribution in [3.05, 3.63) is 17.5 Å². The SMILES string of the molecule is CCC(CC)n1nc(C(=O)N2CCC[C@H]3CN(C)C[C@H]32)cc1C. The predicted octanol–water partition coefficient (Wildman–Crippen LogP) is 2.72. The normalized spacial score (nSPS) is 25.2. The van der Waals surface area contributed by atoms with E-state index in [1.54, 1.807) is 0 Å². The zero-order chi connectivity index (χ0) is 16.6. The van der Waals surface area contributed by atoms with Crippen molar-refractivity contribution < 1.29 is 4.79 Å². The van der Waals surface area contributed by atoms with E-state index in [0.29, 0.717) is 23.7 Å². The fraction of sp³-hybridized carbons (Fsp3) is 0.778. The van der Waals surface area contributed by atoms with Gasteiger partial charge in [-0.15, -0.1) is 0 Å². The van der Waals surface area contributed by atoms with Gasteiger partial charge in [-0.1, -0.05) is 13.8 Å². The maximum atomic E-state index is 13.0. The van der Waals surface area contributed by atoms with Crippen LogP contribution >= 0.6 is 0 Å². The molecule has 3 rings (SSSR count). The molecule has 5 nitrogen and oxygen atoms in total. The minimum absolute atomic E-state index is 0.128. The average Bonchev–Trinajstić information content (AvgIpc) is 3.10. The van der Waals surface area contributed by atoms with Crippen LogP contribution in [0.1, 0.15) is 61.8 Å². The number of aromatic nitrogens is 2. The Bertz CT molecular complexity index is 563. The van der Waals surface area contributed by atoms with Gasteiger partial charge < -0.3 is 9.80 Å². The summed E-state index contributed by atoms with van der Waals surface area (Å²) in [5.74, 6) is 0.766. The van der Waals surface area contributed by atoms with Gasteiger partial charge in [0, 0.05) is 31.4 Å². The fourth-order valence-corrected chi connectivity index (χ4v) is 4.39. The lowest BCUT2D eigenvalue weighted by Crippen LogP contribution is -2.48. The van der Waals surface area contributed by atoms with Gasteiger partial charge >= 0.3 is 0 Å². The molecular weight excluding hydrogens is 288 g/mol. The summed E-state index contributed by atoms with van der Waals surface area (Å²) in [6.45, 7) is 9.42. The standard InChI is InChI=1S/C18H30N4O/c1-5-15(6-2)22-13(3)10-16(19-22)18(23)21-9-7-8-14-11-20(4)12-17(14)21/h10,14-15,17H,5-9,11-12H2,1-4H3/t14-,17+/m0/s1. The molecule has 23 heavy (non-hydrogen) atoms. The molecule has 1 aromatic heterocycles. The second-order valence-electron chi connectivity index (χ2n) is 7.28. The van der Waals surface area contributed by atoms with Crippen LogP contribution in [0.2, 0.25) is 0 Å². The topological polar surface area (TPSA) is 41.4 Å². The van der Waals surface area contributed by atoms with E-state index in [1.165, 1.54) is 6.42 Å². The first-order valence-electron chi connectivity index (χ1n) is 9.10. The maximum absolute atomic E-state index is 13.0. The first kappa shape index (κ1) is 16.5. The Balaban J connectivity index is 1.81. The number of hydrogen-bond acceptors (Lipinski definition) is 3. The summed E-state index contributed by atoms with van der Waals surface area (Å²) in [4.78, 5) is 17.5. The van der Waals surface area contributed by atoms with Crippen LogP contribution in [0.4, 0.5) is 0 Å². The van der Waals surface area contributed by atoms with Crippen molar-refractivity contribution in [2.75, 3.05) is 26.7 Å². The molecule has 0 spiro atoms. The molecule has 2 atom stereocenters. The van der Waals surface area contributed by atoms with Crippen molar-refractivity contribution in [3.8, 4) is 0 Å². The van der Waals surface area contributed by atoms with Crippen LogP contribution in [-0.2, 0) is 0 Å². The lowest BCUT2D eigenvalue weighted by Gasteiger charge is -2.36. The van der Waals surface area contributed by atoms with Gasteiger partial charge in [0.25, 0.3) is 5.91 Å². The van der Waals surface area contributed by atoms with Crippen LogP contribution < -0.4 is 0 Å². The molecule has 0 unspecified atom stereocenters. The van der Waals surface area contributed by atoms with Crippen LogP contribution in [-0.4, -0.2) is 58.2 Å².